The summed E-state index contributed by atoms with van der Waals surface area (Å²) in [7, 11) is 1.51. The van der Waals surface area contributed by atoms with Crippen LogP contribution in [0.3, 0.4) is 0 Å². The number of ketones is 1. The second kappa shape index (κ2) is 13.6. The number of nitriles is 1. The number of methoxy groups -OCH3 is 1. The fourth-order valence-corrected chi connectivity index (χ4v) is 5.29. The molecule has 0 saturated carbocycles. The Kier molecular flexibility index (Phi) is 9.51. The lowest BCUT2D eigenvalue weighted by Gasteiger charge is -2.22. The molecule has 1 saturated heterocycles. The van der Waals surface area contributed by atoms with E-state index in [-0.39, 0.29) is 40.9 Å². The molecule has 4 heterocycles. The van der Waals surface area contributed by atoms with Gasteiger partial charge in [-0.05, 0) is 49.1 Å². The van der Waals surface area contributed by atoms with E-state index in [4.69, 9.17) is 31.1 Å². The molecule has 4 aromatic rings. The molecule has 12 heteroatoms. The number of benzene rings is 1. The summed E-state index contributed by atoms with van der Waals surface area (Å²) in [4.78, 5) is 39.5. The maximum atomic E-state index is 13.5. The van der Waals surface area contributed by atoms with Crippen molar-refractivity contribution in [1.29, 1.82) is 5.26 Å². The highest BCUT2D eigenvalue weighted by molar-refractivity contribution is 7.17. The molecule has 214 valence electrons. The molecule has 5 rings (SSSR count). The van der Waals surface area contributed by atoms with Gasteiger partial charge in [0.2, 0.25) is 0 Å². The van der Waals surface area contributed by atoms with Crippen LogP contribution in [0.5, 0.6) is 5.75 Å². The number of hydrogen-bond acceptors (Lipinski definition) is 10. The molecule has 1 fully saturated rings. The van der Waals surface area contributed by atoms with Crippen molar-refractivity contribution in [2.24, 2.45) is 0 Å². The quantitative estimate of drug-likeness (QED) is 0.175. The van der Waals surface area contributed by atoms with Gasteiger partial charge in [0.25, 0.3) is 5.91 Å². The zero-order chi connectivity index (χ0) is 29.5. The summed E-state index contributed by atoms with van der Waals surface area (Å²) in [6, 6.07) is 12.2. The molecule has 1 unspecified atom stereocenters. The van der Waals surface area contributed by atoms with Crippen LogP contribution < -0.4 is 10.1 Å². The number of ether oxygens (including phenoxy) is 3. The number of thiazole rings is 1. The van der Waals surface area contributed by atoms with Gasteiger partial charge in [-0.3, -0.25) is 19.9 Å². The van der Waals surface area contributed by atoms with E-state index >= 15 is 0 Å². The second-order valence-electron chi connectivity index (χ2n) is 9.43. The first-order valence-electron chi connectivity index (χ1n) is 13.1. The van der Waals surface area contributed by atoms with Crippen molar-refractivity contribution in [1.82, 2.24) is 15.0 Å². The summed E-state index contributed by atoms with van der Waals surface area (Å²) in [5, 5.41) is 12.2. The topological polar surface area (TPSA) is 136 Å². The SMILES string of the molecule is COc1cnc(Cl)cc1-c1cc(COC2CCCCO2)ncc1C(=O)Nc1ncc(C(=O)Cc2ccc(C#N)cc2)s1. The molecule has 0 spiro atoms. The Morgan fingerprint density at radius 3 is 2.69 bits per heavy atom. The van der Waals surface area contributed by atoms with Crippen LogP contribution in [0.2, 0.25) is 5.15 Å². The van der Waals surface area contributed by atoms with Gasteiger partial charge in [0.15, 0.2) is 17.2 Å². The maximum Gasteiger partial charge on any atom is 0.259 e. The number of Topliss-reactive ketones (excluding diaryl/α,β-unsaturated/α-hetero) is 1. The van der Waals surface area contributed by atoms with Crippen LogP contribution in [-0.2, 0) is 22.5 Å². The van der Waals surface area contributed by atoms with Crippen molar-refractivity contribution in [2.75, 3.05) is 19.0 Å². The van der Waals surface area contributed by atoms with Gasteiger partial charge in [0.05, 0.1) is 53.9 Å². The third kappa shape index (κ3) is 7.16. The van der Waals surface area contributed by atoms with Crippen LogP contribution in [0.4, 0.5) is 5.13 Å². The highest BCUT2D eigenvalue weighted by Gasteiger charge is 2.21. The van der Waals surface area contributed by atoms with E-state index in [0.717, 1.165) is 36.2 Å². The first kappa shape index (κ1) is 29.3. The highest BCUT2D eigenvalue weighted by Crippen LogP contribution is 2.34. The van der Waals surface area contributed by atoms with Gasteiger partial charge in [-0.25, -0.2) is 9.97 Å². The average Bonchev–Trinajstić information content (AvgIpc) is 3.49. The van der Waals surface area contributed by atoms with E-state index in [0.29, 0.717) is 39.6 Å². The number of rotatable bonds is 10. The summed E-state index contributed by atoms with van der Waals surface area (Å²) in [6.07, 6.45) is 7.10. The minimum absolute atomic E-state index is 0.146. The molecule has 1 atom stereocenters. The van der Waals surface area contributed by atoms with Crippen LogP contribution >= 0.6 is 22.9 Å². The Bertz CT molecular complexity index is 1630. The highest BCUT2D eigenvalue weighted by atomic mass is 35.5. The lowest BCUT2D eigenvalue weighted by Crippen LogP contribution is -2.22. The van der Waals surface area contributed by atoms with Crippen LogP contribution in [-0.4, -0.2) is 46.6 Å². The number of carbonyl (C=O) groups is 2. The largest absolute Gasteiger partial charge is 0.494 e. The third-order valence-electron chi connectivity index (χ3n) is 6.55. The zero-order valence-corrected chi connectivity index (χ0v) is 24.2. The molecule has 10 nitrogen and oxygen atoms in total. The van der Waals surface area contributed by atoms with Gasteiger partial charge in [0.1, 0.15) is 10.9 Å². The third-order valence-corrected chi connectivity index (χ3v) is 7.71. The number of aromatic nitrogens is 3. The number of hydrogen-bond donors (Lipinski definition) is 1. The monoisotopic (exact) mass is 603 g/mol. The number of carbonyl (C=O) groups excluding carboxylic acids is 2. The Morgan fingerprint density at radius 2 is 1.95 bits per heavy atom. The molecule has 1 N–H and O–H groups in total. The van der Waals surface area contributed by atoms with Crippen molar-refractivity contribution in [3.05, 3.63) is 87.4 Å². The smallest absolute Gasteiger partial charge is 0.259 e. The van der Waals surface area contributed by atoms with Crippen LogP contribution in [0.15, 0.2) is 55.0 Å². The molecule has 42 heavy (non-hydrogen) atoms. The Hall–Kier alpha value is -4.21. The van der Waals surface area contributed by atoms with Crippen molar-refractivity contribution in [3.8, 4) is 22.9 Å². The molecule has 1 amide bonds. The average molecular weight is 604 g/mol. The molecule has 0 aliphatic carbocycles. The minimum atomic E-state index is -0.476. The normalized spacial score (nSPS) is 14.6. The van der Waals surface area contributed by atoms with Crippen LogP contribution in [0.25, 0.3) is 11.1 Å². The van der Waals surface area contributed by atoms with Crippen molar-refractivity contribution < 1.29 is 23.8 Å². The van der Waals surface area contributed by atoms with Gasteiger partial charge in [-0.15, -0.1) is 0 Å². The Labute approximate surface area is 251 Å². The molecule has 1 aliphatic rings. The fourth-order valence-electron chi connectivity index (χ4n) is 4.39. The number of halogens is 1. The summed E-state index contributed by atoms with van der Waals surface area (Å²) < 4.78 is 17.1. The minimum Gasteiger partial charge on any atom is -0.494 e. The number of nitrogens with zero attached hydrogens (tertiary/aromatic N) is 4. The Balaban J connectivity index is 1.36. The summed E-state index contributed by atoms with van der Waals surface area (Å²) in [5.41, 5.74) is 3.20. The Morgan fingerprint density at radius 1 is 1.12 bits per heavy atom. The maximum absolute atomic E-state index is 13.5. The molecule has 1 aromatic carbocycles. The molecule has 1 aliphatic heterocycles. The summed E-state index contributed by atoms with van der Waals surface area (Å²) in [6.45, 7) is 0.854. The lowest BCUT2D eigenvalue weighted by molar-refractivity contribution is -0.169. The molecular weight excluding hydrogens is 578 g/mol. The van der Waals surface area contributed by atoms with E-state index in [1.807, 2.05) is 0 Å². The predicted octanol–water partition coefficient (Wildman–Crippen LogP) is 5.85. The van der Waals surface area contributed by atoms with Crippen molar-refractivity contribution in [2.45, 2.75) is 38.6 Å². The van der Waals surface area contributed by atoms with Gasteiger partial charge in [0, 0.05) is 30.4 Å². The van der Waals surface area contributed by atoms with E-state index in [9.17, 15) is 9.59 Å². The zero-order valence-electron chi connectivity index (χ0n) is 22.6. The van der Waals surface area contributed by atoms with Gasteiger partial charge < -0.3 is 14.2 Å². The molecule has 0 radical (unpaired) electrons. The van der Waals surface area contributed by atoms with Crippen molar-refractivity contribution in [3.63, 3.8) is 0 Å². The van der Waals surface area contributed by atoms with Gasteiger partial charge in [-0.1, -0.05) is 35.1 Å². The summed E-state index contributed by atoms with van der Waals surface area (Å²) >= 11 is 7.29. The van der Waals surface area contributed by atoms with Gasteiger partial charge >= 0.3 is 0 Å². The van der Waals surface area contributed by atoms with Gasteiger partial charge in [-0.2, -0.15) is 5.26 Å². The molecule has 0 bridgehead atoms. The van der Waals surface area contributed by atoms with E-state index in [1.165, 1.54) is 25.7 Å². The second-order valence-corrected chi connectivity index (χ2v) is 10.8. The van der Waals surface area contributed by atoms with E-state index < -0.39 is 5.91 Å². The number of pyridine rings is 2. The molecular formula is C30H26ClN5O5S. The number of anilines is 1. The number of nitrogens with one attached hydrogen (secondary N) is 1. The first-order chi connectivity index (χ1) is 20.4. The van der Waals surface area contributed by atoms with Crippen LogP contribution in [0, 0.1) is 11.3 Å². The lowest BCUT2D eigenvalue weighted by atomic mass is 10.00. The van der Waals surface area contributed by atoms with E-state index in [1.54, 1.807) is 36.4 Å². The standard InChI is InChI=1S/C30H26ClN5O5S/c1-39-25-15-34-27(31)12-22(25)21-11-20(17-41-28-4-2-3-9-40-28)33-14-23(21)29(38)36-30-35-16-26(42-30)24(37)10-18-5-7-19(13-32)8-6-18/h5-8,11-12,14-16,28H,2-4,9-10,17H2,1H3,(H,35,36,38). The van der Waals surface area contributed by atoms with E-state index in [2.05, 4.69) is 26.3 Å². The fraction of sp³-hybridized carbons (Fsp3) is 0.267. The first-order valence-corrected chi connectivity index (χ1v) is 14.3. The van der Waals surface area contributed by atoms with Crippen LogP contribution in [0.1, 0.15) is 56.1 Å². The summed E-state index contributed by atoms with van der Waals surface area (Å²) in [5.74, 6) is -0.203. The molecule has 3 aromatic heterocycles. The predicted molar refractivity (Wildman–Crippen MR) is 157 cm³/mol. The van der Waals surface area contributed by atoms with Crippen molar-refractivity contribution >= 4 is 39.8 Å². The number of amides is 1.